The zero-order valence-electron chi connectivity index (χ0n) is 8.44. The fourth-order valence-electron chi connectivity index (χ4n) is 1.14. The lowest BCUT2D eigenvalue weighted by molar-refractivity contribution is 0.0378. The maximum absolute atomic E-state index is 9.67. The van der Waals surface area contributed by atoms with Crippen LogP contribution >= 0.6 is 0 Å². The summed E-state index contributed by atoms with van der Waals surface area (Å²) >= 11 is 0. The molecule has 0 fully saturated rings. The van der Waals surface area contributed by atoms with Gasteiger partial charge in [0.1, 0.15) is 6.10 Å². The molecule has 0 aromatic heterocycles. The standard InChI is InChI=1S/C11H17NO2/c1-12-7-8-14-9-11(13)10-5-3-2-4-6-10/h2-6,11-13H,7-9H2,1H3. The lowest BCUT2D eigenvalue weighted by Crippen LogP contribution is -2.16. The predicted molar refractivity (Wildman–Crippen MR) is 56.1 cm³/mol. The Kier molecular flexibility index (Phi) is 5.22. The third-order valence-corrected chi connectivity index (χ3v) is 1.96. The van der Waals surface area contributed by atoms with Gasteiger partial charge >= 0.3 is 0 Å². The highest BCUT2D eigenvalue weighted by Gasteiger charge is 2.05. The van der Waals surface area contributed by atoms with Crippen LogP contribution in [-0.2, 0) is 4.74 Å². The zero-order chi connectivity index (χ0) is 10.2. The number of benzene rings is 1. The summed E-state index contributed by atoms with van der Waals surface area (Å²) in [6.07, 6.45) is -0.520. The molecule has 14 heavy (non-hydrogen) atoms. The van der Waals surface area contributed by atoms with Gasteiger partial charge in [-0.25, -0.2) is 0 Å². The Balaban J connectivity index is 2.25. The molecule has 1 aromatic carbocycles. The molecule has 1 rings (SSSR count). The van der Waals surface area contributed by atoms with Crippen molar-refractivity contribution < 1.29 is 9.84 Å². The molecule has 0 heterocycles. The first-order valence-electron chi connectivity index (χ1n) is 4.80. The average Bonchev–Trinajstić information content (AvgIpc) is 2.25. The Morgan fingerprint density at radius 3 is 2.71 bits per heavy atom. The second kappa shape index (κ2) is 6.54. The Morgan fingerprint density at radius 2 is 2.07 bits per heavy atom. The van der Waals surface area contributed by atoms with Crippen LogP contribution < -0.4 is 5.32 Å². The quantitative estimate of drug-likeness (QED) is 0.664. The van der Waals surface area contributed by atoms with Gasteiger partial charge in [-0.05, 0) is 12.6 Å². The largest absolute Gasteiger partial charge is 0.386 e. The molecule has 0 aliphatic carbocycles. The molecule has 2 N–H and O–H groups in total. The second-order valence-electron chi connectivity index (χ2n) is 3.10. The minimum Gasteiger partial charge on any atom is -0.386 e. The van der Waals surface area contributed by atoms with Crippen molar-refractivity contribution in [2.24, 2.45) is 0 Å². The van der Waals surface area contributed by atoms with E-state index in [0.717, 1.165) is 12.1 Å². The predicted octanol–water partition coefficient (Wildman–Crippen LogP) is 0.956. The van der Waals surface area contributed by atoms with E-state index in [4.69, 9.17) is 4.74 Å². The van der Waals surface area contributed by atoms with Gasteiger partial charge in [0.15, 0.2) is 0 Å². The molecule has 3 nitrogen and oxygen atoms in total. The summed E-state index contributed by atoms with van der Waals surface area (Å²) in [5.41, 5.74) is 0.900. The molecule has 1 atom stereocenters. The van der Waals surface area contributed by atoms with Gasteiger partial charge < -0.3 is 15.2 Å². The van der Waals surface area contributed by atoms with Gasteiger partial charge in [-0.2, -0.15) is 0 Å². The van der Waals surface area contributed by atoms with Crippen molar-refractivity contribution in [2.75, 3.05) is 26.8 Å². The molecule has 0 saturated heterocycles. The Labute approximate surface area is 84.7 Å². The Hall–Kier alpha value is -0.900. The van der Waals surface area contributed by atoms with E-state index in [0.29, 0.717) is 13.2 Å². The summed E-state index contributed by atoms with van der Waals surface area (Å²) in [6.45, 7) is 1.79. The van der Waals surface area contributed by atoms with Gasteiger partial charge in [0.2, 0.25) is 0 Å². The minimum absolute atomic E-state index is 0.353. The van der Waals surface area contributed by atoms with Crippen LogP contribution in [0, 0.1) is 0 Å². The molecule has 1 unspecified atom stereocenters. The van der Waals surface area contributed by atoms with E-state index in [1.807, 2.05) is 37.4 Å². The van der Waals surface area contributed by atoms with Crippen LogP contribution in [0.3, 0.4) is 0 Å². The summed E-state index contributed by atoms with van der Waals surface area (Å²) in [6, 6.07) is 9.54. The number of hydrogen-bond acceptors (Lipinski definition) is 3. The van der Waals surface area contributed by atoms with E-state index in [1.165, 1.54) is 0 Å². The molecule has 0 bridgehead atoms. The first-order valence-corrected chi connectivity index (χ1v) is 4.80. The molecule has 0 aliphatic heterocycles. The number of ether oxygens (including phenoxy) is 1. The summed E-state index contributed by atoms with van der Waals surface area (Å²) in [7, 11) is 1.87. The van der Waals surface area contributed by atoms with Crippen LogP contribution in [0.15, 0.2) is 30.3 Å². The van der Waals surface area contributed by atoms with E-state index in [1.54, 1.807) is 0 Å². The van der Waals surface area contributed by atoms with Crippen molar-refractivity contribution in [2.45, 2.75) is 6.10 Å². The van der Waals surface area contributed by atoms with Crippen LogP contribution in [-0.4, -0.2) is 31.9 Å². The van der Waals surface area contributed by atoms with Crippen molar-refractivity contribution in [3.05, 3.63) is 35.9 Å². The van der Waals surface area contributed by atoms with Gasteiger partial charge in [-0.3, -0.25) is 0 Å². The van der Waals surface area contributed by atoms with Crippen LogP contribution in [0.2, 0.25) is 0 Å². The first kappa shape index (κ1) is 11.2. The molecule has 0 radical (unpaired) electrons. The van der Waals surface area contributed by atoms with Crippen LogP contribution in [0.1, 0.15) is 11.7 Å². The monoisotopic (exact) mass is 195 g/mol. The fourth-order valence-corrected chi connectivity index (χ4v) is 1.14. The third-order valence-electron chi connectivity index (χ3n) is 1.96. The molecule has 0 saturated carbocycles. The Morgan fingerprint density at radius 1 is 1.36 bits per heavy atom. The maximum atomic E-state index is 9.67. The van der Waals surface area contributed by atoms with Crippen molar-refractivity contribution in [1.82, 2.24) is 5.32 Å². The second-order valence-corrected chi connectivity index (χ2v) is 3.10. The smallest absolute Gasteiger partial charge is 0.102 e. The topological polar surface area (TPSA) is 41.5 Å². The lowest BCUT2D eigenvalue weighted by atomic mass is 10.1. The van der Waals surface area contributed by atoms with Crippen molar-refractivity contribution >= 4 is 0 Å². The number of likely N-dealkylation sites (N-methyl/N-ethyl adjacent to an activating group) is 1. The molecule has 3 heteroatoms. The molecular formula is C11H17NO2. The van der Waals surface area contributed by atoms with Crippen LogP contribution in [0.5, 0.6) is 0 Å². The van der Waals surface area contributed by atoms with Crippen molar-refractivity contribution in [1.29, 1.82) is 0 Å². The molecule has 0 spiro atoms. The number of hydrogen-bond donors (Lipinski definition) is 2. The molecule has 78 valence electrons. The summed E-state index contributed by atoms with van der Waals surface area (Å²) in [5.74, 6) is 0. The lowest BCUT2D eigenvalue weighted by Gasteiger charge is -2.11. The molecule has 0 aliphatic rings. The first-order chi connectivity index (χ1) is 6.84. The summed E-state index contributed by atoms with van der Waals surface area (Å²) in [4.78, 5) is 0. The van der Waals surface area contributed by atoms with E-state index >= 15 is 0 Å². The van der Waals surface area contributed by atoms with E-state index in [-0.39, 0.29) is 0 Å². The molecule has 1 aromatic rings. The molecule has 0 amide bonds. The minimum atomic E-state index is -0.520. The van der Waals surface area contributed by atoms with Crippen LogP contribution in [0.25, 0.3) is 0 Å². The van der Waals surface area contributed by atoms with Crippen molar-refractivity contribution in [3.63, 3.8) is 0 Å². The number of rotatable bonds is 6. The zero-order valence-corrected chi connectivity index (χ0v) is 8.44. The Bertz CT molecular complexity index is 238. The highest BCUT2D eigenvalue weighted by molar-refractivity contribution is 5.17. The van der Waals surface area contributed by atoms with Gasteiger partial charge in [0.25, 0.3) is 0 Å². The van der Waals surface area contributed by atoms with Gasteiger partial charge in [0, 0.05) is 6.54 Å². The highest BCUT2D eigenvalue weighted by atomic mass is 16.5. The van der Waals surface area contributed by atoms with E-state index < -0.39 is 6.10 Å². The third kappa shape index (κ3) is 3.87. The van der Waals surface area contributed by atoms with E-state index in [9.17, 15) is 5.11 Å². The van der Waals surface area contributed by atoms with E-state index in [2.05, 4.69) is 5.32 Å². The maximum Gasteiger partial charge on any atom is 0.102 e. The van der Waals surface area contributed by atoms with Gasteiger partial charge in [-0.15, -0.1) is 0 Å². The van der Waals surface area contributed by atoms with Gasteiger partial charge in [0.05, 0.1) is 13.2 Å². The summed E-state index contributed by atoms with van der Waals surface area (Å²) in [5, 5.41) is 12.6. The number of nitrogens with one attached hydrogen (secondary N) is 1. The average molecular weight is 195 g/mol. The highest BCUT2D eigenvalue weighted by Crippen LogP contribution is 2.11. The normalized spacial score (nSPS) is 12.7. The summed E-state index contributed by atoms with van der Waals surface area (Å²) < 4.78 is 5.28. The molecular weight excluding hydrogens is 178 g/mol. The number of aliphatic hydroxyl groups is 1. The SMILES string of the molecule is CNCCOCC(O)c1ccccc1. The fraction of sp³-hybridized carbons (Fsp3) is 0.455. The van der Waals surface area contributed by atoms with Crippen LogP contribution in [0.4, 0.5) is 0 Å². The number of aliphatic hydroxyl groups excluding tert-OH is 1. The van der Waals surface area contributed by atoms with Crippen molar-refractivity contribution in [3.8, 4) is 0 Å². The van der Waals surface area contributed by atoms with Gasteiger partial charge in [-0.1, -0.05) is 30.3 Å².